The van der Waals surface area contributed by atoms with E-state index >= 15 is 0 Å². The summed E-state index contributed by atoms with van der Waals surface area (Å²) in [5, 5.41) is 8.71. The molecule has 2 aromatic rings. The number of rotatable bonds is 6. The predicted octanol–water partition coefficient (Wildman–Crippen LogP) is 3.33. The summed E-state index contributed by atoms with van der Waals surface area (Å²) in [6, 6.07) is 14.8. The summed E-state index contributed by atoms with van der Waals surface area (Å²) in [6.45, 7) is 2.84. The Balaban J connectivity index is 1.83. The molecule has 0 fully saturated rings. The van der Waals surface area contributed by atoms with Gasteiger partial charge < -0.3 is 14.2 Å². The van der Waals surface area contributed by atoms with E-state index in [4.69, 9.17) is 19.5 Å². The van der Waals surface area contributed by atoms with Gasteiger partial charge in [-0.25, -0.2) is 0 Å². The second-order valence-electron chi connectivity index (χ2n) is 4.49. The Kier molecular flexibility index (Phi) is 5.05. The van der Waals surface area contributed by atoms with Crippen LogP contribution in [0.3, 0.4) is 0 Å². The number of hydrogen-bond donors (Lipinski definition) is 0. The molecule has 0 saturated heterocycles. The second-order valence-corrected chi connectivity index (χ2v) is 4.49. The van der Waals surface area contributed by atoms with Crippen molar-refractivity contribution in [3.8, 4) is 23.3 Å². The Morgan fingerprint density at radius 3 is 2.33 bits per heavy atom. The van der Waals surface area contributed by atoms with Crippen LogP contribution in [-0.4, -0.2) is 20.3 Å². The molecule has 4 nitrogen and oxygen atoms in total. The monoisotopic (exact) mass is 283 g/mol. The summed E-state index contributed by atoms with van der Waals surface area (Å²) in [5.41, 5.74) is 1.73. The molecule has 0 saturated carbocycles. The minimum absolute atomic E-state index is 0.416. The summed E-state index contributed by atoms with van der Waals surface area (Å²) in [6.07, 6.45) is 0. The van der Waals surface area contributed by atoms with E-state index in [-0.39, 0.29) is 0 Å². The zero-order valence-corrected chi connectivity index (χ0v) is 12.1. The van der Waals surface area contributed by atoms with Crippen LogP contribution >= 0.6 is 0 Å². The van der Waals surface area contributed by atoms with Gasteiger partial charge in [-0.05, 0) is 48.9 Å². The van der Waals surface area contributed by atoms with Crippen LogP contribution in [0.25, 0.3) is 0 Å². The van der Waals surface area contributed by atoms with Crippen LogP contribution in [-0.2, 0) is 0 Å². The van der Waals surface area contributed by atoms with Gasteiger partial charge in [-0.3, -0.25) is 0 Å². The normalized spacial score (nSPS) is 9.76. The quantitative estimate of drug-likeness (QED) is 0.763. The first-order valence-electron chi connectivity index (χ1n) is 6.63. The summed E-state index contributed by atoms with van der Waals surface area (Å²) in [5.74, 6) is 2.13. The maximum absolute atomic E-state index is 8.71. The van der Waals surface area contributed by atoms with Crippen molar-refractivity contribution in [3.05, 3.63) is 53.6 Å². The van der Waals surface area contributed by atoms with Crippen LogP contribution in [0.4, 0.5) is 0 Å². The SMILES string of the molecule is COc1cc(C)ccc1OCCOc1ccc(C#N)cc1. The summed E-state index contributed by atoms with van der Waals surface area (Å²) in [7, 11) is 1.62. The molecule has 0 aromatic heterocycles. The zero-order valence-electron chi connectivity index (χ0n) is 12.1. The molecule has 0 spiro atoms. The molecule has 21 heavy (non-hydrogen) atoms. The molecule has 0 amide bonds. The number of methoxy groups -OCH3 is 1. The van der Waals surface area contributed by atoms with Gasteiger partial charge in [0, 0.05) is 0 Å². The van der Waals surface area contributed by atoms with Crippen molar-refractivity contribution in [2.24, 2.45) is 0 Å². The summed E-state index contributed by atoms with van der Waals surface area (Å²) < 4.78 is 16.5. The fraction of sp³-hybridized carbons (Fsp3) is 0.235. The third-order valence-corrected chi connectivity index (χ3v) is 2.91. The summed E-state index contributed by atoms with van der Waals surface area (Å²) in [4.78, 5) is 0. The first kappa shape index (κ1) is 14.7. The van der Waals surface area contributed by atoms with Gasteiger partial charge >= 0.3 is 0 Å². The van der Waals surface area contributed by atoms with Gasteiger partial charge in [-0.1, -0.05) is 6.07 Å². The van der Waals surface area contributed by atoms with Gasteiger partial charge in [0.15, 0.2) is 11.5 Å². The van der Waals surface area contributed by atoms with Crippen LogP contribution in [0.2, 0.25) is 0 Å². The number of ether oxygens (including phenoxy) is 3. The zero-order chi connectivity index (χ0) is 15.1. The van der Waals surface area contributed by atoms with Crippen molar-refractivity contribution >= 4 is 0 Å². The van der Waals surface area contributed by atoms with Gasteiger partial charge in [0.2, 0.25) is 0 Å². The third-order valence-electron chi connectivity index (χ3n) is 2.91. The van der Waals surface area contributed by atoms with Gasteiger partial charge in [-0.2, -0.15) is 5.26 Å². The number of nitriles is 1. The number of hydrogen-bond acceptors (Lipinski definition) is 4. The molecule has 0 atom stereocenters. The van der Waals surface area contributed by atoms with Crippen LogP contribution < -0.4 is 14.2 Å². The standard InChI is InChI=1S/C17H17NO3/c1-13-3-8-16(17(11-13)19-2)21-10-9-20-15-6-4-14(12-18)5-7-15/h3-8,11H,9-10H2,1-2H3. The molecule has 0 heterocycles. The molecule has 2 rings (SSSR count). The Morgan fingerprint density at radius 2 is 1.67 bits per heavy atom. The van der Waals surface area contributed by atoms with Gasteiger partial charge in [0.1, 0.15) is 19.0 Å². The average molecular weight is 283 g/mol. The minimum Gasteiger partial charge on any atom is -0.493 e. The molecule has 0 bridgehead atoms. The topological polar surface area (TPSA) is 51.5 Å². The Morgan fingerprint density at radius 1 is 0.952 bits per heavy atom. The van der Waals surface area contributed by atoms with Crippen molar-refractivity contribution in [1.29, 1.82) is 5.26 Å². The maximum atomic E-state index is 8.71. The Labute approximate surface area is 124 Å². The minimum atomic E-state index is 0.416. The molecular weight excluding hydrogens is 266 g/mol. The van der Waals surface area contributed by atoms with E-state index in [9.17, 15) is 0 Å². The fourth-order valence-electron chi connectivity index (χ4n) is 1.83. The van der Waals surface area contributed by atoms with Crippen molar-refractivity contribution in [2.75, 3.05) is 20.3 Å². The predicted molar refractivity (Wildman–Crippen MR) is 79.9 cm³/mol. The van der Waals surface area contributed by atoms with E-state index in [1.54, 1.807) is 31.4 Å². The average Bonchev–Trinajstić information content (AvgIpc) is 2.53. The number of aryl methyl sites for hydroxylation is 1. The van der Waals surface area contributed by atoms with Crippen LogP contribution in [0.5, 0.6) is 17.2 Å². The molecule has 2 aromatic carbocycles. The molecule has 0 aliphatic carbocycles. The molecule has 0 unspecified atom stereocenters. The molecule has 0 radical (unpaired) electrons. The van der Waals surface area contributed by atoms with E-state index in [0.29, 0.717) is 36.0 Å². The molecule has 0 aliphatic rings. The van der Waals surface area contributed by atoms with E-state index in [1.807, 2.05) is 25.1 Å². The Hall–Kier alpha value is -2.67. The highest BCUT2D eigenvalue weighted by Crippen LogP contribution is 2.27. The Bertz CT molecular complexity index is 629. The highest BCUT2D eigenvalue weighted by Gasteiger charge is 2.04. The molecule has 0 aliphatic heterocycles. The number of nitrogens with zero attached hydrogens (tertiary/aromatic N) is 1. The number of benzene rings is 2. The largest absolute Gasteiger partial charge is 0.493 e. The highest BCUT2D eigenvalue weighted by atomic mass is 16.5. The van der Waals surface area contributed by atoms with Crippen LogP contribution in [0.1, 0.15) is 11.1 Å². The first-order valence-corrected chi connectivity index (χ1v) is 6.63. The molecule has 108 valence electrons. The van der Waals surface area contributed by atoms with Crippen molar-refractivity contribution in [1.82, 2.24) is 0 Å². The van der Waals surface area contributed by atoms with Crippen molar-refractivity contribution in [3.63, 3.8) is 0 Å². The first-order chi connectivity index (χ1) is 10.2. The lowest BCUT2D eigenvalue weighted by molar-refractivity contribution is 0.211. The van der Waals surface area contributed by atoms with E-state index < -0.39 is 0 Å². The fourth-order valence-corrected chi connectivity index (χ4v) is 1.83. The van der Waals surface area contributed by atoms with Crippen LogP contribution in [0, 0.1) is 18.3 Å². The van der Waals surface area contributed by atoms with E-state index in [0.717, 1.165) is 5.56 Å². The second kappa shape index (κ2) is 7.20. The lowest BCUT2D eigenvalue weighted by atomic mass is 10.2. The smallest absolute Gasteiger partial charge is 0.161 e. The van der Waals surface area contributed by atoms with E-state index in [2.05, 4.69) is 6.07 Å². The van der Waals surface area contributed by atoms with Crippen molar-refractivity contribution in [2.45, 2.75) is 6.92 Å². The van der Waals surface area contributed by atoms with E-state index in [1.165, 1.54) is 0 Å². The van der Waals surface area contributed by atoms with Crippen LogP contribution in [0.15, 0.2) is 42.5 Å². The van der Waals surface area contributed by atoms with Gasteiger partial charge in [0.05, 0.1) is 18.7 Å². The molecule has 4 heteroatoms. The lowest BCUT2D eigenvalue weighted by Gasteiger charge is -2.12. The third kappa shape index (κ3) is 4.15. The highest BCUT2D eigenvalue weighted by molar-refractivity contribution is 5.42. The van der Waals surface area contributed by atoms with Crippen molar-refractivity contribution < 1.29 is 14.2 Å². The lowest BCUT2D eigenvalue weighted by Crippen LogP contribution is -2.09. The van der Waals surface area contributed by atoms with Gasteiger partial charge in [-0.15, -0.1) is 0 Å². The summed E-state index contributed by atoms with van der Waals surface area (Å²) >= 11 is 0. The molecule has 0 N–H and O–H groups in total. The molecular formula is C17H17NO3. The maximum Gasteiger partial charge on any atom is 0.161 e. The van der Waals surface area contributed by atoms with Gasteiger partial charge in [0.25, 0.3) is 0 Å².